The Balaban J connectivity index is 1.47. The van der Waals surface area contributed by atoms with Crippen molar-refractivity contribution in [3.8, 4) is 5.75 Å². The van der Waals surface area contributed by atoms with Crippen molar-refractivity contribution in [3.63, 3.8) is 0 Å². The number of amides is 2. The van der Waals surface area contributed by atoms with Gasteiger partial charge in [0.2, 0.25) is 5.89 Å². The summed E-state index contributed by atoms with van der Waals surface area (Å²) in [6.45, 7) is 3.38. The van der Waals surface area contributed by atoms with E-state index in [1.165, 1.54) is 0 Å². The molecule has 0 saturated carbocycles. The molecule has 2 amide bonds. The summed E-state index contributed by atoms with van der Waals surface area (Å²) in [7, 11) is 0. The Morgan fingerprint density at radius 2 is 1.75 bits per heavy atom. The topological polar surface area (TPSA) is 88.8 Å². The van der Waals surface area contributed by atoms with E-state index in [2.05, 4.69) is 10.2 Å². The largest absolute Gasteiger partial charge is 0.484 e. The van der Waals surface area contributed by atoms with Gasteiger partial charge >= 0.3 is 11.8 Å². The molecule has 8 nitrogen and oxygen atoms in total. The summed E-state index contributed by atoms with van der Waals surface area (Å²) in [6, 6.07) is 9.19. The lowest BCUT2D eigenvalue weighted by Gasteiger charge is -2.33. The third-order valence-electron chi connectivity index (χ3n) is 3.73. The zero-order chi connectivity index (χ0) is 16.9. The average Bonchev–Trinajstić information content (AvgIpc) is 3.06. The minimum absolute atomic E-state index is 0.0131. The second-order valence-electron chi connectivity index (χ2n) is 5.40. The number of para-hydroxylation sites is 1. The number of nitrogens with zero attached hydrogens (tertiary/aromatic N) is 4. The van der Waals surface area contributed by atoms with Crippen molar-refractivity contribution in [2.24, 2.45) is 0 Å². The third-order valence-corrected chi connectivity index (χ3v) is 3.73. The molecule has 2 heterocycles. The lowest BCUT2D eigenvalue weighted by Crippen LogP contribution is -2.51. The number of aromatic nitrogens is 2. The summed E-state index contributed by atoms with van der Waals surface area (Å²) in [6.07, 6.45) is 0. The van der Waals surface area contributed by atoms with Crippen LogP contribution in [0.2, 0.25) is 0 Å². The molecule has 1 aliphatic heterocycles. The molecular weight excluding hydrogens is 312 g/mol. The van der Waals surface area contributed by atoms with Crippen LogP contribution in [0.15, 0.2) is 34.7 Å². The number of ether oxygens (including phenoxy) is 1. The maximum atomic E-state index is 12.2. The molecule has 24 heavy (non-hydrogen) atoms. The Hall–Kier alpha value is -2.90. The summed E-state index contributed by atoms with van der Waals surface area (Å²) >= 11 is 0. The van der Waals surface area contributed by atoms with Gasteiger partial charge in [-0.2, -0.15) is 0 Å². The minimum Gasteiger partial charge on any atom is -0.484 e. The zero-order valence-corrected chi connectivity index (χ0v) is 13.3. The Labute approximate surface area is 139 Å². The fourth-order valence-electron chi connectivity index (χ4n) is 2.43. The second-order valence-corrected chi connectivity index (χ2v) is 5.40. The molecule has 126 valence electrons. The Morgan fingerprint density at radius 3 is 2.38 bits per heavy atom. The lowest BCUT2D eigenvalue weighted by atomic mass is 10.3. The van der Waals surface area contributed by atoms with E-state index in [1.807, 2.05) is 18.2 Å². The number of hydrogen-bond acceptors (Lipinski definition) is 6. The molecular formula is C16H18N4O4. The number of carbonyl (C=O) groups excluding carboxylic acids is 2. The van der Waals surface area contributed by atoms with Crippen LogP contribution in [0.3, 0.4) is 0 Å². The Kier molecular flexibility index (Phi) is 4.74. The van der Waals surface area contributed by atoms with Crippen molar-refractivity contribution in [3.05, 3.63) is 42.1 Å². The van der Waals surface area contributed by atoms with E-state index in [1.54, 1.807) is 28.9 Å². The van der Waals surface area contributed by atoms with Gasteiger partial charge in [0.05, 0.1) is 0 Å². The van der Waals surface area contributed by atoms with Crippen LogP contribution in [-0.2, 0) is 4.79 Å². The fraction of sp³-hybridized carbons (Fsp3) is 0.375. The van der Waals surface area contributed by atoms with Crippen LogP contribution in [-0.4, -0.2) is 64.6 Å². The monoisotopic (exact) mass is 330 g/mol. The molecule has 2 aromatic rings. The molecule has 1 fully saturated rings. The maximum Gasteiger partial charge on any atom is 0.311 e. The first-order valence-electron chi connectivity index (χ1n) is 7.68. The summed E-state index contributed by atoms with van der Waals surface area (Å²) in [5.74, 6) is 0.596. The number of aryl methyl sites for hydroxylation is 1. The maximum absolute atomic E-state index is 12.2. The van der Waals surface area contributed by atoms with Gasteiger partial charge in [-0.3, -0.25) is 9.59 Å². The fourth-order valence-corrected chi connectivity index (χ4v) is 2.43. The van der Waals surface area contributed by atoms with Crippen LogP contribution < -0.4 is 4.74 Å². The summed E-state index contributed by atoms with van der Waals surface area (Å²) in [5.41, 5.74) is 0. The highest BCUT2D eigenvalue weighted by molar-refractivity contribution is 5.89. The average molecular weight is 330 g/mol. The van der Waals surface area contributed by atoms with Crippen LogP contribution in [0.25, 0.3) is 0 Å². The number of piperazine rings is 1. The molecule has 0 unspecified atom stereocenters. The van der Waals surface area contributed by atoms with Gasteiger partial charge in [-0.05, 0) is 12.1 Å². The number of rotatable bonds is 4. The lowest BCUT2D eigenvalue weighted by molar-refractivity contribution is -0.134. The molecule has 0 atom stereocenters. The molecule has 1 saturated heterocycles. The van der Waals surface area contributed by atoms with Crippen molar-refractivity contribution in [1.29, 1.82) is 0 Å². The van der Waals surface area contributed by atoms with E-state index in [4.69, 9.17) is 9.15 Å². The molecule has 0 aliphatic carbocycles. The summed E-state index contributed by atoms with van der Waals surface area (Å²) in [5, 5.41) is 7.38. The quantitative estimate of drug-likeness (QED) is 0.821. The van der Waals surface area contributed by atoms with E-state index in [-0.39, 0.29) is 24.3 Å². The highest BCUT2D eigenvalue weighted by Crippen LogP contribution is 2.10. The number of carbonyl (C=O) groups is 2. The SMILES string of the molecule is Cc1nnc(C(=O)N2CCN(C(=O)COc3ccccc3)CC2)o1. The van der Waals surface area contributed by atoms with Gasteiger partial charge in [-0.1, -0.05) is 18.2 Å². The van der Waals surface area contributed by atoms with Gasteiger partial charge in [0.15, 0.2) is 6.61 Å². The van der Waals surface area contributed by atoms with Crippen molar-refractivity contribution in [2.75, 3.05) is 32.8 Å². The number of benzene rings is 1. The molecule has 0 N–H and O–H groups in total. The van der Waals surface area contributed by atoms with E-state index in [0.717, 1.165) is 0 Å². The molecule has 1 aliphatic rings. The molecule has 3 rings (SSSR count). The molecule has 1 aromatic carbocycles. The molecule has 0 bridgehead atoms. The first-order valence-corrected chi connectivity index (χ1v) is 7.68. The van der Waals surface area contributed by atoms with Crippen molar-refractivity contribution >= 4 is 11.8 Å². The van der Waals surface area contributed by atoms with Crippen LogP contribution in [0.4, 0.5) is 0 Å². The van der Waals surface area contributed by atoms with Crippen LogP contribution >= 0.6 is 0 Å². The van der Waals surface area contributed by atoms with E-state index in [0.29, 0.717) is 37.8 Å². The smallest absolute Gasteiger partial charge is 0.311 e. The third kappa shape index (κ3) is 3.70. The predicted octanol–water partition coefficient (Wildman–Crippen LogP) is 0.741. The van der Waals surface area contributed by atoms with Crippen LogP contribution in [0, 0.1) is 6.92 Å². The highest BCUT2D eigenvalue weighted by atomic mass is 16.5. The van der Waals surface area contributed by atoms with E-state index < -0.39 is 0 Å². The molecule has 8 heteroatoms. The van der Waals surface area contributed by atoms with Gasteiger partial charge in [-0.15, -0.1) is 10.2 Å². The predicted molar refractivity (Wildman–Crippen MR) is 83.5 cm³/mol. The van der Waals surface area contributed by atoms with Gasteiger partial charge in [0.25, 0.3) is 5.91 Å². The first kappa shape index (κ1) is 16.0. The zero-order valence-electron chi connectivity index (χ0n) is 13.3. The molecule has 0 radical (unpaired) electrons. The van der Waals surface area contributed by atoms with Crippen molar-refractivity contribution in [2.45, 2.75) is 6.92 Å². The Bertz CT molecular complexity index is 708. The normalized spacial score (nSPS) is 14.5. The van der Waals surface area contributed by atoms with Gasteiger partial charge in [0, 0.05) is 33.1 Å². The number of hydrogen-bond donors (Lipinski definition) is 0. The highest BCUT2D eigenvalue weighted by Gasteiger charge is 2.27. The Morgan fingerprint density at radius 1 is 1.08 bits per heavy atom. The first-order chi connectivity index (χ1) is 11.6. The van der Waals surface area contributed by atoms with Crippen molar-refractivity contribution < 1.29 is 18.7 Å². The van der Waals surface area contributed by atoms with Gasteiger partial charge in [-0.25, -0.2) is 0 Å². The summed E-state index contributed by atoms with van der Waals surface area (Å²) < 4.78 is 10.6. The van der Waals surface area contributed by atoms with Crippen molar-refractivity contribution in [1.82, 2.24) is 20.0 Å². The second kappa shape index (κ2) is 7.12. The van der Waals surface area contributed by atoms with E-state index >= 15 is 0 Å². The van der Waals surface area contributed by atoms with Crippen LogP contribution in [0.1, 0.15) is 16.6 Å². The molecule has 0 spiro atoms. The minimum atomic E-state index is -0.303. The van der Waals surface area contributed by atoms with Gasteiger partial charge < -0.3 is 19.0 Å². The van der Waals surface area contributed by atoms with E-state index in [9.17, 15) is 9.59 Å². The summed E-state index contributed by atoms with van der Waals surface area (Å²) in [4.78, 5) is 27.7. The standard InChI is InChI=1S/C16H18N4O4/c1-12-17-18-15(24-12)16(22)20-9-7-19(8-10-20)14(21)11-23-13-5-3-2-4-6-13/h2-6H,7-11H2,1H3. The molecule has 1 aromatic heterocycles. The van der Waals surface area contributed by atoms with Gasteiger partial charge in [0.1, 0.15) is 5.75 Å². The van der Waals surface area contributed by atoms with Crippen LogP contribution in [0.5, 0.6) is 5.75 Å².